The topological polar surface area (TPSA) is 97.4 Å². The molecule has 2 N–H and O–H groups in total. The van der Waals surface area contributed by atoms with E-state index in [4.69, 9.17) is 16.3 Å². The van der Waals surface area contributed by atoms with Crippen LogP contribution in [0.2, 0.25) is 5.02 Å². The Balaban J connectivity index is 1.47. The van der Waals surface area contributed by atoms with Gasteiger partial charge in [0.15, 0.2) is 5.13 Å². The van der Waals surface area contributed by atoms with E-state index in [-0.39, 0.29) is 17.2 Å². The first-order chi connectivity index (χ1) is 14.7. The molecule has 1 amide bonds. The second-order valence-corrected chi connectivity index (χ2v) is 9.82. The van der Waals surface area contributed by atoms with E-state index >= 15 is 0 Å². The van der Waals surface area contributed by atoms with Gasteiger partial charge in [0.2, 0.25) is 5.91 Å². The maximum Gasteiger partial charge on any atom is 0.263 e. The van der Waals surface area contributed by atoms with Crippen molar-refractivity contribution in [2.75, 3.05) is 16.6 Å². The second-order valence-electron chi connectivity index (χ2n) is 6.83. The number of thiazole rings is 1. The van der Waals surface area contributed by atoms with Crippen molar-refractivity contribution < 1.29 is 17.9 Å². The first-order valence-electron chi connectivity index (χ1n) is 9.46. The van der Waals surface area contributed by atoms with Gasteiger partial charge < -0.3 is 10.1 Å². The predicted molar refractivity (Wildman–Crippen MR) is 124 cm³/mol. The van der Waals surface area contributed by atoms with Crippen molar-refractivity contribution in [3.05, 3.63) is 64.1 Å². The Morgan fingerprint density at radius 3 is 2.55 bits per heavy atom. The molecular formula is C21H22ClN3O4S2. The van der Waals surface area contributed by atoms with Gasteiger partial charge in [0.1, 0.15) is 5.75 Å². The van der Waals surface area contributed by atoms with E-state index in [1.54, 1.807) is 17.5 Å². The van der Waals surface area contributed by atoms with Gasteiger partial charge in [-0.2, -0.15) is 0 Å². The number of rotatable bonds is 9. The predicted octanol–water partition coefficient (Wildman–Crippen LogP) is 5.01. The SMILES string of the molecule is Cc1cc(Cl)c(OCCCC(=O)Nc2ccc(S(=O)(=O)Nc3nccs3)cc2)cc1C. The number of nitrogens with zero attached hydrogens (tertiary/aromatic N) is 1. The van der Waals surface area contributed by atoms with E-state index in [9.17, 15) is 13.2 Å². The number of anilines is 2. The molecule has 10 heteroatoms. The van der Waals surface area contributed by atoms with Crippen LogP contribution in [-0.2, 0) is 14.8 Å². The lowest BCUT2D eigenvalue weighted by Crippen LogP contribution is -2.14. The van der Waals surface area contributed by atoms with Gasteiger partial charge in [0.25, 0.3) is 10.0 Å². The molecule has 0 saturated heterocycles. The van der Waals surface area contributed by atoms with Crippen LogP contribution in [0.15, 0.2) is 52.9 Å². The third kappa shape index (κ3) is 6.43. The van der Waals surface area contributed by atoms with E-state index in [2.05, 4.69) is 15.0 Å². The third-order valence-corrected chi connectivity index (χ3v) is 6.92. The molecule has 164 valence electrons. The number of hydrogen-bond donors (Lipinski definition) is 2. The van der Waals surface area contributed by atoms with Crippen LogP contribution in [0.4, 0.5) is 10.8 Å². The van der Waals surface area contributed by atoms with E-state index < -0.39 is 10.0 Å². The summed E-state index contributed by atoms with van der Waals surface area (Å²) < 4.78 is 32.7. The summed E-state index contributed by atoms with van der Waals surface area (Å²) in [4.78, 5) is 16.1. The molecule has 3 rings (SSSR count). The lowest BCUT2D eigenvalue weighted by molar-refractivity contribution is -0.116. The van der Waals surface area contributed by atoms with Gasteiger partial charge in [-0.3, -0.25) is 9.52 Å². The van der Waals surface area contributed by atoms with Gasteiger partial charge in [0, 0.05) is 23.7 Å². The quantitative estimate of drug-likeness (QED) is 0.420. The van der Waals surface area contributed by atoms with Crippen LogP contribution in [-0.4, -0.2) is 25.9 Å². The number of benzene rings is 2. The van der Waals surface area contributed by atoms with Crippen molar-refractivity contribution in [2.24, 2.45) is 0 Å². The summed E-state index contributed by atoms with van der Waals surface area (Å²) in [7, 11) is -3.72. The standard InChI is InChI=1S/C21H22ClN3O4S2/c1-14-12-18(22)19(13-15(14)2)29-10-3-4-20(26)24-16-5-7-17(8-6-16)31(27,28)25-21-23-9-11-30-21/h5-9,11-13H,3-4,10H2,1-2H3,(H,23,25)(H,24,26). The Hall–Kier alpha value is -2.62. The zero-order chi connectivity index (χ0) is 22.4. The van der Waals surface area contributed by atoms with Crippen LogP contribution in [0.5, 0.6) is 5.75 Å². The molecule has 0 bridgehead atoms. The van der Waals surface area contributed by atoms with Gasteiger partial charge in [-0.05, 0) is 67.8 Å². The highest BCUT2D eigenvalue weighted by atomic mass is 35.5. The summed E-state index contributed by atoms with van der Waals surface area (Å²) in [6.45, 7) is 4.32. The molecule has 0 aliphatic carbocycles. The lowest BCUT2D eigenvalue weighted by Gasteiger charge is -2.11. The molecular weight excluding hydrogens is 458 g/mol. The Morgan fingerprint density at radius 2 is 1.87 bits per heavy atom. The molecule has 0 fully saturated rings. The number of aryl methyl sites for hydroxylation is 2. The smallest absolute Gasteiger partial charge is 0.263 e. The summed E-state index contributed by atoms with van der Waals surface area (Å²) in [6.07, 6.45) is 2.29. The summed E-state index contributed by atoms with van der Waals surface area (Å²) in [5, 5.41) is 5.27. The minimum Gasteiger partial charge on any atom is -0.492 e. The monoisotopic (exact) mass is 479 g/mol. The van der Waals surface area contributed by atoms with Crippen molar-refractivity contribution in [3.63, 3.8) is 0 Å². The Labute approximate surface area is 190 Å². The average Bonchev–Trinajstić information content (AvgIpc) is 3.21. The number of aromatic nitrogens is 1. The third-order valence-electron chi connectivity index (χ3n) is 4.46. The molecule has 0 saturated carbocycles. The van der Waals surface area contributed by atoms with Crippen molar-refractivity contribution in [3.8, 4) is 5.75 Å². The van der Waals surface area contributed by atoms with Crippen LogP contribution in [0.1, 0.15) is 24.0 Å². The Kier molecular flexibility index (Phi) is 7.53. The normalized spacial score (nSPS) is 11.2. The second kappa shape index (κ2) is 10.1. The number of carbonyl (C=O) groups is 1. The van der Waals surface area contributed by atoms with Crippen LogP contribution in [0, 0.1) is 13.8 Å². The molecule has 0 aliphatic rings. The van der Waals surface area contributed by atoms with Crippen molar-refractivity contribution in [1.29, 1.82) is 0 Å². The number of hydrogen-bond acceptors (Lipinski definition) is 6. The van der Waals surface area contributed by atoms with Gasteiger partial charge in [-0.25, -0.2) is 13.4 Å². The number of amides is 1. The number of nitrogens with one attached hydrogen (secondary N) is 2. The van der Waals surface area contributed by atoms with E-state index in [0.717, 1.165) is 11.1 Å². The van der Waals surface area contributed by atoms with Crippen molar-refractivity contribution in [2.45, 2.75) is 31.6 Å². The fourth-order valence-electron chi connectivity index (χ4n) is 2.67. The van der Waals surface area contributed by atoms with Crippen LogP contribution >= 0.6 is 22.9 Å². The highest BCUT2D eigenvalue weighted by molar-refractivity contribution is 7.93. The van der Waals surface area contributed by atoms with Crippen LogP contribution < -0.4 is 14.8 Å². The minimum absolute atomic E-state index is 0.0827. The molecule has 0 aliphatic heterocycles. The molecule has 1 aromatic heterocycles. The largest absolute Gasteiger partial charge is 0.492 e. The highest BCUT2D eigenvalue weighted by Crippen LogP contribution is 2.28. The zero-order valence-electron chi connectivity index (χ0n) is 17.0. The van der Waals surface area contributed by atoms with E-state index in [0.29, 0.717) is 34.6 Å². The van der Waals surface area contributed by atoms with Crippen LogP contribution in [0.3, 0.4) is 0 Å². The van der Waals surface area contributed by atoms with Crippen molar-refractivity contribution >= 4 is 49.7 Å². The average molecular weight is 480 g/mol. The van der Waals surface area contributed by atoms with Gasteiger partial charge in [0.05, 0.1) is 16.5 Å². The fraction of sp³-hybridized carbons (Fsp3) is 0.238. The molecule has 1 heterocycles. The molecule has 2 aromatic carbocycles. The first kappa shape index (κ1) is 23.1. The summed E-state index contributed by atoms with van der Waals surface area (Å²) in [6, 6.07) is 9.68. The number of sulfonamides is 1. The van der Waals surface area contributed by atoms with Gasteiger partial charge >= 0.3 is 0 Å². The zero-order valence-corrected chi connectivity index (χ0v) is 19.4. The fourth-order valence-corrected chi connectivity index (χ4v) is 4.73. The maximum atomic E-state index is 12.3. The van der Waals surface area contributed by atoms with Gasteiger partial charge in [-0.1, -0.05) is 11.6 Å². The van der Waals surface area contributed by atoms with Crippen molar-refractivity contribution in [1.82, 2.24) is 4.98 Å². The lowest BCUT2D eigenvalue weighted by atomic mass is 10.1. The first-order valence-corrected chi connectivity index (χ1v) is 12.2. The molecule has 7 nitrogen and oxygen atoms in total. The Morgan fingerprint density at radius 1 is 1.16 bits per heavy atom. The van der Waals surface area contributed by atoms with Gasteiger partial charge in [-0.15, -0.1) is 11.3 Å². The molecule has 31 heavy (non-hydrogen) atoms. The number of carbonyl (C=O) groups excluding carboxylic acids is 1. The molecule has 0 spiro atoms. The van der Waals surface area contributed by atoms with E-state index in [1.165, 1.54) is 29.7 Å². The number of ether oxygens (including phenoxy) is 1. The number of halogens is 1. The molecule has 0 atom stereocenters. The molecule has 0 radical (unpaired) electrons. The highest BCUT2D eigenvalue weighted by Gasteiger charge is 2.15. The molecule has 3 aromatic rings. The van der Waals surface area contributed by atoms with E-state index in [1.807, 2.05) is 26.0 Å². The maximum absolute atomic E-state index is 12.3. The summed E-state index contributed by atoms with van der Waals surface area (Å²) >= 11 is 7.37. The van der Waals surface area contributed by atoms with Crippen LogP contribution in [0.25, 0.3) is 0 Å². The minimum atomic E-state index is -3.72. The summed E-state index contributed by atoms with van der Waals surface area (Å²) in [5.74, 6) is 0.416. The Bertz CT molecular complexity index is 1150. The molecule has 0 unspecified atom stereocenters. The summed E-state index contributed by atoms with van der Waals surface area (Å²) in [5.41, 5.74) is 2.69.